The monoisotopic (exact) mass is 451 g/mol. The van der Waals surface area contributed by atoms with E-state index in [-0.39, 0.29) is 34.8 Å². The number of piperazine rings is 1. The Kier molecular flexibility index (Phi) is 6.85. The van der Waals surface area contributed by atoms with Crippen LogP contribution in [0.5, 0.6) is 11.8 Å². The number of anilines is 2. The minimum absolute atomic E-state index is 0.0633. The predicted molar refractivity (Wildman–Crippen MR) is 111 cm³/mol. The summed E-state index contributed by atoms with van der Waals surface area (Å²) in [5, 5.41) is 1.98. The summed E-state index contributed by atoms with van der Waals surface area (Å²) in [6.07, 6.45) is 1.46. The standard InChI is InChI=1S/C18H25N7O5S/c1-5-13(26)20-12-6-7-19-18(21-12)31(27,28)14-15(29-3)22-17(23-16(14)30-4)25-10-8-24(2)9-11-25/h6-7H,5,8-11H2,1-4H3,(H,19,20,21,26). The maximum absolute atomic E-state index is 13.3. The average Bonchev–Trinajstić information content (AvgIpc) is 2.78. The van der Waals surface area contributed by atoms with Gasteiger partial charge in [-0.25, -0.2) is 18.4 Å². The molecule has 1 amide bonds. The molecule has 1 fully saturated rings. The molecule has 0 unspecified atom stereocenters. The second-order valence-corrected chi connectivity index (χ2v) is 8.57. The van der Waals surface area contributed by atoms with Gasteiger partial charge >= 0.3 is 0 Å². The molecule has 12 nitrogen and oxygen atoms in total. The van der Waals surface area contributed by atoms with E-state index >= 15 is 0 Å². The fraction of sp³-hybridized carbons (Fsp3) is 0.500. The predicted octanol–water partition coefficient (Wildman–Crippen LogP) is 0.217. The Morgan fingerprint density at radius 2 is 1.71 bits per heavy atom. The van der Waals surface area contributed by atoms with Crippen molar-refractivity contribution in [1.82, 2.24) is 24.8 Å². The third-order valence-corrected chi connectivity index (χ3v) is 6.26. The molecule has 1 saturated heterocycles. The Bertz CT molecular complexity index is 1030. The van der Waals surface area contributed by atoms with Gasteiger partial charge in [0.05, 0.1) is 14.2 Å². The van der Waals surface area contributed by atoms with Crippen LogP contribution in [0.2, 0.25) is 0 Å². The number of likely N-dealkylation sites (N-methyl/N-ethyl adjacent to an activating group) is 1. The number of carbonyl (C=O) groups is 1. The molecule has 0 radical (unpaired) electrons. The molecule has 0 aromatic carbocycles. The van der Waals surface area contributed by atoms with Gasteiger partial charge in [0.25, 0.3) is 15.0 Å². The molecular weight excluding hydrogens is 426 g/mol. The molecule has 1 N–H and O–H groups in total. The number of nitrogens with one attached hydrogen (secondary N) is 1. The van der Waals surface area contributed by atoms with E-state index in [0.717, 1.165) is 13.1 Å². The molecule has 13 heteroatoms. The van der Waals surface area contributed by atoms with E-state index in [0.29, 0.717) is 19.0 Å². The van der Waals surface area contributed by atoms with E-state index in [9.17, 15) is 13.2 Å². The number of hydrogen-bond acceptors (Lipinski definition) is 11. The summed E-state index contributed by atoms with van der Waals surface area (Å²) in [6.45, 7) is 4.66. The lowest BCUT2D eigenvalue weighted by Crippen LogP contribution is -2.45. The van der Waals surface area contributed by atoms with Crippen molar-refractivity contribution in [3.8, 4) is 11.8 Å². The van der Waals surface area contributed by atoms with E-state index < -0.39 is 15.0 Å². The van der Waals surface area contributed by atoms with Gasteiger partial charge < -0.3 is 24.6 Å². The van der Waals surface area contributed by atoms with Crippen LogP contribution in [-0.4, -0.2) is 86.6 Å². The molecule has 3 rings (SSSR count). The molecule has 1 aliphatic rings. The number of ether oxygens (including phenoxy) is 2. The van der Waals surface area contributed by atoms with Crippen LogP contribution in [0, 0.1) is 0 Å². The molecule has 31 heavy (non-hydrogen) atoms. The second-order valence-electron chi connectivity index (χ2n) is 6.79. The summed E-state index contributed by atoms with van der Waals surface area (Å²) in [6, 6.07) is 1.40. The van der Waals surface area contributed by atoms with Crippen molar-refractivity contribution in [2.75, 3.05) is 57.7 Å². The van der Waals surface area contributed by atoms with Crippen LogP contribution in [-0.2, 0) is 14.6 Å². The zero-order valence-corrected chi connectivity index (χ0v) is 18.6. The highest BCUT2D eigenvalue weighted by Crippen LogP contribution is 2.35. The Morgan fingerprint density at radius 1 is 1.10 bits per heavy atom. The first-order valence-corrected chi connectivity index (χ1v) is 11.1. The first-order valence-electron chi connectivity index (χ1n) is 9.61. The highest BCUT2D eigenvalue weighted by molar-refractivity contribution is 7.91. The lowest BCUT2D eigenvalue weighted by atomic mass is 10.3. The number of sulfone groups is 1. The highest BCUT2D eigenvalue weighted by atomic mass is 32.2. The van der Waals surface area contributed by atoms with Crippen molar-refractivity contribution in [1.29, 1.82) is 0 Å². The van der Waals surface area contributed by atoms with E-state index in [2.05, 4.69) is 30.2 Å². The van der Waals surface area contributed by atoms with E-state index in [1.807, 2.05) is 11.9 Å². The first kappa shape index (κ1) is 22.6. The zero-order valence-electron chi connectivity index (χ0n) is 17.8. The summed E-state index contributed by atoms with van der Waals surface area (Å²) >= 11 is 0. The van der Waals surface area contributed by atoms with Crippen LogP contribution in [0.25, 0.3) is 0 Å². The summed E-state index contributed by atoms with van der Waals surface area (Å²) in [5.74, 6) is -0.282. The van der Waals surface area contributed by atoms with Gasteiger partial charge in [0.1, 0.15) is 5.82 Å². The fourth-order valence-electron chi connectivity index (χ4n) is 2.92. The number of methoxy groups -OCH3 is 2. The van der Waals surface area contributed by atoms with Gasteiger partial charge in [-0.3, -0.25) is 4.79 Å². The molecule has 0 aliphatic carbocycles. The normalized spacial score (nSPS) is 14.9. The summed E-state index contributed by atoms with van der Waals surface area (Å²) in [4.78, 5) is 31.8. The number of hydrogen-bond donors (Lipinski definition) is 1. The van der Waals surface area contributed by atoms with Crippen molar-refractivity contribution in [2.24, 2.45) is 0 Å². The number of carbonyl (C=O) groups excluding carboxylic acids is 1. The van der Waals surface area contributed by atoms with Gasteiger partial charge in [0.15, 0.2) is 4.90 Å². The summed E-state index contributed by atoms with van der Waals surface area (Å²) < 4.78 is 37.2. The smallest absolute Gasteiger partial charge is 0.254 e. The summed E-state index contributed by atoms with van der Waals surface area (Å²) in [5.41, 5.74) is 0. The topological polar surface area (TPSA) is 140 Å². The van der Waals surface area contributed by atoms with Crippen molar-refractivity contribution in [2.45, 2.75) is 23.4 Å². The zero-order chi connectivity index (χ0) is 22.6. The van der Waals surface area contributed by atoms with Gasteiger partial charge in [-0.1, -0.05) is 6.92 Å². The van der Waals surface area contributed by atoms with Gasteiger partial charge in [-0.15, -0.1) is 0 Å². The van der Waals surface area contributed by atoms with Crippen molar-refractivity contribution >= 4 is 27.5 Å². The summed E-state index contributed by atoms with van der Waals surface area (Å²) in [7, 11) is 0.325. The van der Waals surface area contributed by atoms with E-state index in [1.165, 1.54) is 26.5 Å². The van der Waals surface area contributed by atoms with Crippen LogP contribution in [0.3, 0.4) is 0 Å². The Balaban J connectivity index is 2.04. The lowest BCUT2D eigenvalue weighted by Gasteiger charge is -2.32. The Labute approximate surface area is 180 Å². The van der Waals surface area contributed by atoms with Crippen LogP contribution in [0.4, 0.5) is 11.8 Å². The van der Waals surface area contributed by atoms with Crippen molar-refractivity contribution < 1.29 is 22.7 Å². The average molecular weight is 452 g/mol. The van der Waals surface area contributed by atoms with E-state index in [1.54, 1.807) is 6.92 Å². The quantitative estimate of drug-likeness (QED) is 0.578. The second kappa shape index (κ2) is 9.39. The van der Waals surface area contributed by atoms with Gasteiger partial charge in [0.2, 0.25) is 23.6 Å². The van der Waals surface area contributed by atoms with Crippen molar-refractivity contribution in [3.63, 3.8) is 0 Å². The van der Waals surface area contributed by atoms with Gasteiger partial charge in [0, 0.05) is 38.8 Å². The highest BCUT2D eigenvalue weighted by Gasteiger charge is 2.34. The minimum atomic E-state index is -4.32. The number of rotatable bonds is 7. The number of amides is 1. The van der Waals surface area contributed by atoms with Crippen LogP contribution >= 0.6 is 0 Å². The molecule has 2 aromatic heterocycles. The fourth-order valence-corrected chi connectivity index (χ4v) is 4.23. The lowest BCUT2D eigenvalue weighted by molar-refractivity contribution is -0.115. The maximum Gasteiger partial charge on any atom is 0.254 e. The molecule has 1 aliphatic heterocycles. The molecule has 168 valence electrons. The van der Waals surface area contributed by atoms with Crippen LogP contribution in [0.15, 0.2) is 22.3 Å². The molecule has 3 heterocycles. The SMILES string of the molecule is CCC(=O)Nc1ccnc(S(=O)(=O)c2c(OC)nc(N3CCN(C)CC3)nc2OC)n1. The molecule has 0 saturated carbocycles. The molecule has 0 atom stereocenters. The third kappa shape index (κ3) is 4.82. The van der Waals surface area contributed by atoms with Gasteiger partial charge in [-0.2, -0.15) is 9.97 Å². The molecular formula is C18H25N7O5S. The molecule has 2 aromatic rings. The largest absolute Gasteiger partial charge is 0.480 e. The van der Waals surface area contributed by atoms with E-state index in [4.69, 9.17) is 9.47 Å². The molecule has 0 spiro atoms. The van der Waals surface area contributed by atoms with Gasteiger partial charge in [-0.05, 0) is 13.1 Å². The Morgan fingerprint density at radius 3 is 2.26 bits per heavy atom. The maximum atomic E-state index is 13.3. The first-order chi connectivity index (χ1) is 14.8. The third-order valence-electron chi connectivity index (χ3n) is 4.70. The number of nitrogens with zero attached hydrogens (tertiary/aromatic N) is 6. The van der Waals surface area contributed by atoms with Crippen molar-refractivity contribution in [3.05, 3.63) is 12.3 Å². The minimum Gasteiger partial charge on any atom is -0.480 e. The molecule has 0 bridgehead atoms. The van der Waals surface area contributed by atoms with Crippen LogP contribution in [0.1, 0.15) is 13.3 Å². The van der Waals surface area contributed by atoms with Crippen LogP contribution < -0.4 is 19.7 Å². The Hall–Kier alpha value is -3.06. The number of aromatic nitrogens is 4.